The van der Waals surface area contributed by atoms with Crippen LogP contribution in [0.2, 0.25) is 30.1 Å². The number of fused-ring (bicyclic) bond motifs is 2. The summed E-state index contributed by atoms with van der Waals surface area (Å²) >= 11 is 40.6. The molecule has 0 bridgehead atoms. The first-order chi connectivity index (χ1) is 10.3. The van der Waals surface area contributed by atoms with Gasteiger partial charge in [0.25, 0.3) is 0 Å². The van der Waals surface area contributed by atoms with E-state index in [1.54, 1.807) is 0 Å². The molecule has 22 heavy (non-hydrogen) atoms. The smallest absolute Gasteiger partial charge is 0.0793 e. The lowest BCUT2D eigenvalue weighted by atomic mass is 10.2. The minimum atomic E-state index is 0.351. The van der Waals surface area contributed by atoms with Gasteiger partial charge < -0.3 is 0 Å². The minimum Gasteiger partial charge on any atom is -0.0869 e. The fraction of sp³-hybridized carbons (Fsp3) is 0.143. The zero-order valence-corrected chi connectivity index (χ0v) is 17.3. The van der Waals surface area contributed by atoms with E-state index in [1.165, 1.54) is 23.5 Å². The lowest BCUT2D eigenvalue weighted by Crippen LogP contribution is -1.99. The molecule has 2 aromatic carbocycles. The summed E-state index contributed by atoms with van der Waals surface area (Å²) in [6, 6.07) is 0. The largest absolute Gasteiger partial charge is 0.0869 e. The number of benzene rings is 2. The number of rotatable bonds is 0. The van der Waals surface area contributed by atoms with E-state index in [0.29, 0.717) is 30.1 Å². The molecule has 0 aliphatic carbocycles. The van der Waals surface area contributed by atoms with Crippen molar-refractivity contribution in [3.05, 3.63) is 41.3 Å². The van der Waals surface area contributed by atoms with E-state index < -0.39 is 0 Å². The Balaban J connectivity index is 2.32. The van der Waals surface area contributed by atoms with Crippen LogP contribution in [0.3, 0.4) is 0 Å². The fourth-order valence-corrected chi connectivity index (χ4v) is 6.67. The van der Waals surface area contributed by atoms with Crippen LogP contribution in [0.4, 0.5) is 0 Å². The molecule has 0 fully saturated rings. The average molecular weight is 451 g/mol. The maximum absolute atomic E-state index is 6.37. The second-order valence-electron chi connectivity index (χ2n) is 4.65. The van der Waals surface area contributed by atoms with E-state index in [2.05, 4.69) is 0 Å². The summed E-state index contributed by atoms with van der Waals surface area (Å²) < 4.78 is 0. The molecule has 0 spiro atoms. The molecule has 0 nitrogen and oxygen atoms in total. The van der Waals surface area contributed by atoms with E-state index in [1.807, 2.05) is 13.8 Å². The number of halogens is 6. The van der Waals surface area contributed by atoms with Gasteiger partial charge in [-0.3, -0.25) is 0 Å². The molecule has 0 aromatic heterocycles. The highest BCUT2D eigenvalue weighted by Crippen LogP contribution is 2.59. The van der Waals surface area contributed by atoms with Crippen molar-refractivity contribution < 1.29 is 0 Å². The Bertz CT molecular complexity index is 696. The average Bonchev–Trinajstić information content (AvgIpc) is 2.52. The molecule has 1 aliphatic heterocycles. The molecular formula is C14H6Cl6S2. The van der Waals surface area contributed by atoms with Crippen LogP contribution >= 0.6 is 93.1 Å². The van der Waals surface area contributed by atoms with Crippen LogP contribution in [0.15, 0.2) is 19.6 Å². The summed E-state index contributed by atoms with van der Waals surface area (Å²) in [5.41, 5.74) is 1.77. The molecule has 8 heteroatoms. The highest BCUT2D eigenvalue weighted by atomic mass is 35.5. The zero-order chi connectivity index (χ0) is 16.3. The highest BCUT2D eigenvalue weighted by Gasteiger charge is 2.30. The summed E-state index contributed by atoms with van der Waals surface area (Å²) in [4.78, 5) is 3.61. The van der Waals surface area contributed by atoms with Gasteiger partial charge in [-0.05, 0) is 25.0 Å². The van der Waals surface area contributed by atoms with Crippen molar-refractivity contribution in [2.24, 2.45) is 0 Å². The first-order valence-electron chi connectivity index (χ1n) is 5.95. The molecule has 0 saturated heterocycles. The van der Waals surface area contributed by atoms with Crippen molar-refractivity contribution >= 4 is 93.1 Å². The Morgan fingerprint density at radius 2 is 0.773 bits per heavy atom. The Hall–Kier alpha value is 0.880. The third kappa shape index (κ3) is 2.55. The van der Waals surface area contributed by atoms with Gasteiger partial charge in [0.15, 0.2) is 0 Å². The van der Waals surface area contributed by atoms with Crippen molar-refractivity contribution in [1.82, 2.24) is 0 Å². The van der Waals surface area contributed by atoms with Crippen molar-refractivity contribution in [3.8, 4) is 0 Å². The SMILES string of the molecule is Cc1c(Cl)c(Cl)c(Cl)c2c1Sc1c(C)c(Cl)c(Cl)c(Cl)c1S2. The molecule has 1 heterocycles. The van der Waals surface area contributed by atoms with Crippen LogP contribution in [-0.4, -0.2) is 0 Å². The van der Waals surface area contributed by atoms with Crippen LogP contribution in [0.1, 0.15) is 11.1 Å². The van der Waals surface area contributed by atoms with E-state index in [-0.39, 0.29) is 0 Å². The predicted octanol–water partition coefficient (Wildman–Crippen LogP) is 8.84. The van der Waals surface area contributed by atoms with Gasteiger partial charge in [0.05, 0.1) is 30.1 Å². The molecule has 3 rings (SSSR count). The highest BCUT2D eigenvalue weighted by molar-refractivity contribution is 8.05. The van der Waals surface area contributed by atoms with Gasteiger partial charge in [-0.1, -0.05) is 93.1 Å². The Morgan fingerprint density at radius 1 is 0.455 bits per heavy atom. The molecule has 0 saturated carbocycles. The zero-order valence-electron chi connectivity index (χ0n) is 11.1. The summed E-state index contributed by atoms with van der Waals surface area (Å²) in [6.07, 6.45) is 0. The minimum absolute atomic E-state index is 0.351. The second kappa shape index (κ2) is 6.31. The molecule has 0 unspecified atom stereocenters. The Morgan fingerprint density at radius 3 is 1.14 bits per heavy atom. The summed E-state index contributed by atoms with van der Waals surface area (Å²) in [5, 5.41) is 2.48. The van der Waals surface area contributed by atoms with Gasteiger partial charge in [0.1, 0.15) is 0 Å². The quantitative estimate of drug-likeness (QED) is 0.313. The molecular weight excluding hydrogens is 445 g/mol. The standard InChI is InChI=1S/C14H6Cl6S2/c1-3-5(15)7(17)9(19)13-11(3)21-12-4(2)6(16)8(18)10(20)14(12)22-13/h1-2H3. The summed E-state index contributed by atoms with van der Waals surface area (Å²) in [6.45, 7) is 3.83. The topological polar surface area (TPSA) is 0 Å². The molecule has 2 aromatic rings. The summed E-state index contributed by atoms with van der Waals surface area (Å²) in [5.74, 6) is 0. The van der Waals surface area contributed by atoms with Gasteiger partial charge in [0, 0.05) is 19.6 Å². The first-order valence-corrected chi connectivity index (χ1v) is 9.85. The molecule has 116 valence electrons. The molecule has 0 N–H and O–H groups in total. The summed E-state index contributed by atoms with van der Waals surface area (Å²) in [7, 11) is 0. The van der Waals surface area contributed by atoms with Crippen LogP contribution < -0.4 is 0 Å². The van der Waals surface area contributed by atoms with E-state index in [4.69, 9.17) is 69.6 Å². The Labute approximate surface area is 166 Å². The maximum atomic E-state index is 6.37. The lowest BCUT2D eigenvalue weighted by Gasteiger charge is -2.25. The monoisotopic (exact) mass is 448 g/mol. The van der Waals surface area contributed by atoms with Gasteiger partial charge >= 0.3 is 0 Å². The molecule has 0 atom stereocenters. The molecule has 1 aliphatic rings. The molecule has 0 amide bonds. The van der Waals surface area contributed by atoms with Gasteiger partial charge in [-0.2, -0.15) is 0 Å². The van der Waals surface area contributed by atoms with Crippen LogP contribution in [0, 0.1) is 13.8 Å². The molecule has 0 radical (unpaired) electrons. The first kappa shape index (κ1) is 17.7. The van der Waals surface area contributed by atoms with Crippen LogP contribution in [0.25, 0.3) is 0 Å². The fourth-order valence-electron chi connectivity index (χ4n) is 2.09. The van der Waals surface area contributed by atoms with Gasteiger partial charge in [0.2, 0.25) is 0 Å². The van der Waals surface area contributed by atoms with Gasteiger partial charge in [-0.15, -0.1) is 0 Å². The van der Waals surface area contributed by atoms with Crippen molar-refractivity contribution in [2.75, 3.05) is 0 Å². The normalized spacial score (nSPS) is 13.1. The third-order valence-electron chi connectivity index (χ3n) is 3.33. The second-order valence-corrected chi connectivity index (χ2v) is 8.96. The van der Waals surface area contributed by atoms with E-state index in [9.17, 15) is 0 Å². The van der Waals surface area contributed by atoms with E-state index in [0.717, 1.165) is 30.7 Å². The van der Waals surface area contributed by atoms with E-state index >= 15 is 0 Å². The number of hydrogen-bond donors (Lipinski definition) is 0. The Kier molecular flexibility index (Phi) is 5.08. The predicted molar refractivity (Wildman–Crippen MR) is 101 cm³/mol. The van der Waals surface area contributed by atoms with Crippen molar-refractivity contribution in [1.29, 1.82) is 0 Å². The van der Waals surface area contributed by atoms with Crippen LogP contribution in [0.5, 0.6) is 0 Å². The van der Waals surface area contributed by atoms with Crippen molar-refractivity contribution in [2.45, 2.75) is 33.4 Å². The lowest BCUT2D eigenvalue weighted by molar-refractivity contribution is 1.09. The number of hydrogen-bond acceptors (Lipinski definition) is 2. The third-order valence-corrected chi connectivity index (χ3v) is 9.31. The maximum Gasteiger partial charge on any atom is 0.0793 e. The van der Waals surface area contributed by atoms with Gasteiger partial charge in [-0.25, -0.2) is 0 Å². The van der Waals surface area contributed by atoms with Crippen molar-refractivity contribution in [3.63, 3.8) is 0 Å². The van der Waals surface area contributed by atoms with Crippen LogP contribution in [-0.2, 0) is 0 Å².